The number of anilines is 3. The molecule has 6 nitrogen and oxygen atoms in total. The van der Waals surface area contributed by atoms with Gasteiger partial charge in [0, 0.05) is 39.9 Å². The summed E-state index contributed by atoms with van der Waals surface area (Å²) in [7, 11) is 0. The zero-order valence-corrected chi connectivity index (χ0v) is 21.2. The molecule has 0 radical (unpaired) electrons. The lowest BCUT2D eigenvalue weighted by molar-refractivity contribution is -0.117. The van der Waals surface area contributed by atoms with Crippen molar-refractivity contribution in [1.29, 1.82) is 0 Å². The van der Waals surface area contributed by atoms with E-state index in [1.807, 2.05) is 13.0 Å². The van der Waals surface area contributed by atoms with Gasteiger partial charge in [-0.1, -0.05) is 11.6 Å². The second-order valence-corrected chi connectivity index (χ2v) is 9.91. The molecule has 4 rings (SSSR count). The van der Waals surface area contributed by atoms with E-state index in [2.05, 4.69) is 46.5 Å². The highest BCUT2D eigenvalue weighted by Gasteiger charge is 2.31. The minimum Gasteiger partial charge on any atom is -0.372 e. The van der Waals surface area contributed by atoms with E-state index in [0.717, 1.165) is 59.9 Å². The maximum absolute atomic E-state index is 13.2. The molecule has 2 N–H and O–H groups in total. The molecule has 0 saturated heterocycles. The summed E-state index contributed by atoms with van der Waals surface area (Å²) in [4.78, 5) is 33.8. The Bertz CT molecular complexity index is 1190. The Morgan fingerprint density at radius 2 is 1.85 bits per heavy atom. The number of amides is 2. The molecule has 0 spiro atoms. The fourth-order valence-corrected chi connectivity index (χ4v) is 5.48. The third kappa shape index (κ3) is 5.26. The summed E-state index contributed by atoms with van der Waals surface area (Å²) in [6.45, 7) is 8.16. The summed E-state index contributed by atoms with van der Waals surface area (Å²) in [5.41, 5.74) is 4.29. The van der Waals surface area contributed by atoms with Gasteiger partial charge in [-0.25, -0.2) is 4.98 Å². The molecule has 1 aromatic heterocycles. The van der Waals surface area contributed by atoms with E-state index in [9.17, 15) is 9.59 Å². The predicted octanol–water partition coefficient (Wildman–Crippen LogP) is 6.26. The minimum atomic E-state index is -0.331. The SMILES string of the molecule is CCN(CC)c1ccc(NC(=O)C2CCCc3sc(NC(=O)c4ccc(Cl)cc4)nc32)c(C)c1. The maximum Gasteiger partial charge on any atom is 0.257 e. The molecule has 2 amide bonds. The van der Waals surface area contributed by atoms with E-state index >= 15 is 0 Å². The summed E-state index contributed by atoms with van der Waals surface area (Å²) in [6.07, 6.45) is 2.52. The fourth-order valence-electron chi connectivity index (χ4n) is 4.29. The lowest BCUT2D eigenvalue weighted by Crippen LogP contribution is -2.25. The van der Waals surface area contributed by atoms with Crippen molar-refractivity contribution in [2.75, 3.05) is 28.6 Å². The molecular weight excluding hydrogens is 468 g/mol. The molecule has 1 heterocycles. The molecule has 0 aliphatic heterocycles. The molecule has 0 saturated carbocycles. The van der Waals surface area contributed by atoms with Gasteiger partial charge in [-0.2, -0.15) is 0 Å². The molecule has 178 valence electrons. The molecule has 1 atom stereocenters. The Hall–Kier alpha value is -2.90. The normalized spacial score (nSPS) is 14.9. The lowest BCUT2D eigenvalue weighted by atomic mass is 9.90. The third-order valence-corrected chi connectivity index (χ3v) is 7.49. The van der Waals surface area contributed by atoms with Crippen molar-refractivity contribution in [3.63, 3.8) is 0 Å². The second-order valence-electron chi connectivity index (χ2n) is 8.39. The van der Waals surface area contributed by atoms with E-state index in [-0.39, 0.29) is 17.7 Å². The molecule has 3 aromatic rings. The predicted molar refractivity (Wildman–Crippen MR) is 141 cm³/mol. The van der Waals surface area contributed by atoms with Crippen LogP contribution in [0.4, 0.5) is 16.5 Å². The first-order valence-electron chi connectivity index (χ1n) is 11.6. The molecule has 0 bridgehead atoms. The number of hydrogen-bond donors (Lipinski definition) is 2. The Balaban J connectivity index is 1.48. The largest absolute Gasteiger partial charge is 0.372 e. The van der Waals surface area contributed by atoms with Crippen LogP contribution in [0, 0.1) is 6.92 Å². The number of thiazole rings is 1. The average Bonchev–Trinajstić information content (AvgIpc) is 3.24. The first-order valence-corrected chi connectivity index (χ1v) is 12.8. The lowest BCUT2D eigenvalue weighted by Gasteiger charge is -2.23. The molecule has 0 fully saturated rings. The van der Waals surface area contributed by atoms with Gasteiger partial charge in [0.05, 0.1) is 11.6 Å². The van der Waals surface area contributed by atoms with Crippen molar-refractivity contribution in [2.24, 2.45) is 0 Å². The standard InChI is InChI=1S/C26H29ClN4O2S/c1-4-31(5-2)19-13-14-21(16(3)15-19)28-25(33)20-7-6-8-22-23(20)29-26(34-22)30-24(32)17-9-11-18(27)12-10-17/h9-15,20H,4-8H2,1-3H3,(H,28,33)(H,29,30,32). The van der Waals surface area contributed by atoms with Crippen molar-refractivity contribution < 1.29 is 9.59 Å². The van der Waals surface area contributed by atoms with E-state index in [4.69, 9.17) is 11.6 Å². The number of carbonyl (C=O) groups is 2. The van der Waals surface area contributed by atoms with Crippen molar-refractivity contribution >= 4 is 51.3 Å². The highest BCUT2D eigenvalue weighted by atomic mass is 35.5. The van der Waals surface area contributed by atoms with Crippen molar-refractivity contribution in [1.82, 2.24) is 4.98 Å². The van der Waals surface area contributed by atoms with Gasteiger partial charge in [0.25, 0.3) is 5.91 Å². The smallest absolute Gasteiger partial charge is 0.257 e. The molecule has 2 aromatic carbocycles. The number of rotatable bonds is 7. The number of carbonyl (C=O) groups excluding carboxylic acids is 2. The Morgan fingerprint density at radius 3 is 2.53 bits per heavy atom. The van der Waals surface area contributed by atoms with Crippen LogP contribution in [0.2, 0.25) is 5.02 Å². The number of aryl methyl sites for hydroxylation is 2. The van der Waals surface area contributed by atoms with Crippen LogP contribution in [0.15, 0.2) is 42.5 Å². The van der Waals surface area contributed by atoms with E-state index in [0.29, 0.717) is 15.7 Å². The summed E-state index contributed by atoms with van der Waals surface area (Å²) < 4.78 is 0. The van der Waals surface area contributed by atoms with E-state index in [1.54, 1.807) is 24.3 Å². The van der Waals surface area contributed by atoms with Gasteiger partial charge in [-0.3, -0.25) is 14.9 Å². The van der Waals surface area contributed by atoms with Crippen LogP contribution in [-0.4, -0.2) is 29.9 Å². The van der Waals surface area contributed by atoms with Crippen molar-refractivity contribution in [3.05, 3.63) is 69.2 Å². The molecule has 8 heteroatoms. The van der Waals surface area contributed by atoms with Gasteiger partial charge < -0.3 is 10.2 Å². The summed E-state index contributed by atoms with van der Waals surface area (Å²) >= 11 is 7.36. The van der Waals surface area contributed by atoms with Crippen LogP contribution < -0.4 is 15.5 Å². The number of nitrogens with one attached hydrogen (secondary N) is 2. The fraction of sp³-hybridized carbons (Fsp3) is 0.346. The molecule has 1 unspecified atom stereocenters. The number of benzene rings is 2. The van der Waals surface area contributed by atoms with Crippen molar-refractivity contribution in [3.8, 4) is 0 Å². The monoisotopic (exact) mass is 496 g/mol. The first kappa shape index (κ1) is 24.2. The molecule has 1 aliphatic rings. The average molecular weight is 497 g/mol. The van der Waals surface area contributed by atoms with Crippen LogP contribution in [-0.2, 0) is 11.2 Å². The van der Waals surface area contributed by atoms with E-state index < -0.39 is 0 Å². The molecule has 1 aliphatic carbocycles. The topological polar surface area (TPSA) is 74.3 Å². The number of aromatic nitrogens is 1. The third-order valence-electron chi connectivity index (χ3n) is 6.19. The van der Waals surface area contributed by atoms with Crippen LogP contribution >= 0.6 is 22.9 Å². The van der Waals surface area contributed by atoms with Crippen LogP contribution in [0.5, 0.6) is 0 Å². The van der Waals surface area contributed by atoms with Gasteiger partial charge in [0.2, 0.25) is 5.91 Å². The van der Waals surface area contributed by atoms with Gasteiger partial charge >= 0.3 is 0 Å². The number of hydrogen-bond acceptors (Lipinski definition) is 5. The minimum absolute atomic E-state index is 0.0551. The zero-order chi connectivity index (χ0) is 24.2. The van der Waals surface area contributed by atoms with Crippen LogP contribution in [0.3, 0.4) is 0 Å². The summed E-state index contributed by atoms with van der Waals surface area (Å²) in [5.74, 6) is -0.628. The van der Waals surface area contributed by atoms with Crippen LogP contribution in [0.25, 0.3) is 0 Å². The Morgan fingerprint density at radius 1 is 1.12 bits per heavy atom. The van der Waals surface area contributed by atoms with Gasteiger partial charge in [0.15, 0.2) is 5.13 Å². The number of halogens is 1. The Kier molecular flexibility index (Phi) is 7.54. The van der Waals surface area contributed by atoms with Gasteiger partial charge in [-0.15, -0.1) is 11.3 Å². The van der Waals surface area contributed by atoms with E-state index in [1.165, 1.54) is 11.3 Å². The van der Waals surface area contributed by atoms with Crippen LogP contribution in [0.1, 0.15) is 59.1 Å². The maximum atomic E-state index is 13.2. The van der Waals surface area contributed by atoms with Gasteiger partial charge in [0.1, 0.15) is 0 Å². The van der Waals surface area contributed by atoms with Crippen molar-refractivity contribution in [2.45, 2.75) is 46.0 Å². The molecule has 34 heavy (non-hydrogen) atoms. The summed E-state index contributed by atoms with van der Waals surface area (Å²) in [6, 6.07) is 12.9. The number of fused-ring (bicyclic) bond motifs is 1. The first-order chi connectivity index (χ1) is 16.4. The molecular formula is C26H29ClN4O2S. The van der Waals surface area contributed by atoms with Gasteiger partial charge in [-0.05, 0) is 88.1 Å². The Labute approximate surface area is 209 Å². The zero-order valence-electron chi connectivity index (χ0n) is 19.7. The highest BCUT2D eigenvalue weighted by molar-refractivity contribution is 7.16. The number of nitrogens with zero attached hydrogens (tertiary/aromatic N) is 2. The quantitative estimate of drug-likeness (QED) is 0.404. The second kappa shape index (κ2) is 10.6. The highest BCUT2D eigenvalue weighted by Crippen LogP contribution is 2.38. The summed E-state index contributed by atoms with van der Waals surface area (Å²) in [5, 5.41) is 7.08.